The van der Waals surface area contributed by atoms with E-state index in [-0.39, 0.29) is 24.3 Å². The van der Waals surface area contributed by atoms with Crippen molar-refractivity contribution in [2.45, 2.75) is 37.5 Å². The topological polar surface area (TPSA) is 94.3 Å². The number of hydrogen-bond acceptors (Lipinski definition) is 4. The van der Waals surface area contributed by atoms with Gasteiger partial charge in [0.1, 0.15) is 12.1 Å². The first-order valence-electron chi connectivity index (χ1n) is 13.3. The number of benzene rings is 3. The average molecular weight is 573 g/mol. The van der Waals surface area contributed by atoms with E-state index in [0.717, 1.165) is 33.3 Å². The van der Waals surface area contributed by atoms with Gasteiger partial charge < -0.3 is 20.5 Å². The van der Waals surface area contributed by atoms with Crippen LogP contribution in [0.5, 0.6) is 0 Å². The van der Waals surface area contributed by atoms with Crippen molar-refractivity contribution in [3.05, 3.63) is 106 Å². The van der Waals surface area contributed by atoms with Crippen LogP contribution in [0.25, 0.3) is 10.9 Å². The van der Waals surface area contributed by atoms with Crippen molar-refractivity contribution in [3.63, 3.8) is 0 Å². The largest absolute Gasteiger partial charge is 0.356 e. The minimum absolute atomic E-state index is 0.172. The molecule has 3 unspecified atom stereocenters. The fraction of sp³-hybridized carbons (Fsp3) is 0.258. The number of para-hydroxylation sites is 1. The van der Waals surface area contributed by atoms with E-state index in [1.807, 2.05) is 73.0 Å². The van der Waals surface area contributed by atoms with Gasteiger partial charge in [-0.3, -0.25) is 14.4 Å². The Morgan fingerprint density at radius 3 is 2.65 bits per heavy atom. The van der Waals surface area contributed by atoms with Crippen molar-refractivity contribution in [2.24, 2.45) is 0 Å². The monoisotopic (exact) mass is 572 g/mol. The van der Waals surface area contributed by atoms with Crippen molar-refractivity contribution < 1.29 is 14.4 Å². The SMILES string of the molecule is CSCCC(NC(=O)C1Cc2c([nH]c3ccccc23)C2c3ccccc3C(=O)N12)C(=O)NCc1ccccc1Cl. The van der Waals surface area contributed by atoms with Gasteiger partial charge in [0.2, 0.25) is 11.8 Å². The summed E-state index contributed by atoms with van der Waals surface area (Å²) in [5, 5.41) is 7.55. The van der Waals surface area contributed by atoms with E-state index in [4.69, 9.17) is 11.6 Å². The van der Waals surface area contributed by atoms with Gasteiger partial charge in [-0.25, -0.2) is 0 Å². The number of aromatic amines is 1. The third kappa shape index (κ3) is 4.65. The van der Waals surface area contributed by atoms with Crippen LogP contribution in [0, 0.1) is 0 Å². The van der Waals surface area contributed by atoms with Gasteiger partial charge in [-0.2, -0.15) is 11.8 Å². The van der Waals surface area contributed by atoms with E-state index in [9.17, 15) is 14.4 Å². The third-order valence-electron chi connectivity index (χ3n) is 7.81. The van der Waals surface area contributed by atoms with E-state index in [1.54, 1.807) is 22.7 Å². The van der Waals surface area contributed by atoms with Crippen molar-refractivity contribution in [3.8, 4) is 0 Å². The molecule has 40 heavy (non-hydrogen) atoms. The molecular weight excluding hydrogens is 544 g/mol. The van der Waals surface area contributed by atoms with Gasteiger partial charge in [-0.05, 0) is 53.3 Å². The molecule has 0 saturated heterocycles. The van der Waals surface area contributed by atoms with Gasteiger partial charge in [0, 0.05) is 40.1 Å². The molecule has 0 fully saturated rings. The molecule has 3 atom stereocenters. The van der Waals surface area contributed by atoms with E-state index >= 15 is 0 Å². The van der Waals surface area contributed by atoms with Crippen molar-refractivity contribution in [1.29, 1.82) is 0 Å². The highest BCUT2D eigenvalue weighted by Crippen LogP contribution is 2.46. The summed E-state index contributed by atoms with van der Waals surface area (Å²) in [5.74, 6) is -0.0909. The molecular formula is C31H29ClN4O3S. The Kier molecular flexibility index (Phi) is 7.29. The highest BCUT2D eigenvalue weighted by molar-refractivity contribution is 7.98. The zero-order chi connectivity index (χ0) is 27.8. The molecule has 204 valence electrons. The van der Waals surface area contributed by atoms with Crippen LogP contribution in [0.4, 0.5) is 0 Å². The molecule has 3 heterocycles. The minimum atomic E-state index is -0.759. The second kappa shape index (κ2) is 11.0. The number of hydrogen-bond donors (Lipinski definition) is 3. The van der Waals surface area contributed by atoms with Gasteiger partial charge in [-0.15, -0.1) is 0 Å². The predicted molar refractivity (Wildman–Crippen MR) is 158 cm³/mol. The number of thioether (sulfide) groups is 1. The van der Waals surface area contributed by atoms with Gasteiger partial charge in [-0.1, -0.05) is 66.2 Å². The molecule has 0 bridgehead atoms. The summed E-state index contributed by atoms with van der Waals surface area (Å²) in [4.78, 5) is 46.2. The standard InChI is InChI=1S/C31H29ClN4O3S/c1-40-15-14-25(29(37)33-17-18-8-2-6-12-23(18)32)35-30(38)26-16-22-19-9-5-7-13-24(19)34-27(22)28-20-10-3-4-11-21(20)31(39)36(26)28/h2-13,25-26,28,34H,14-17H2,1H3,(H,33,37)(H,35,38). The molecule has 3 amide bonds. The number of nitrogens with one attached hydrogen (secondary N) is 3. The van der Waals surface area contributed by atoms with Crippen LogP contribution in [0.1, 0.15) is 45.2 Å². The number of rotatable bonds is 8. The normalized spacial score (nSPS) is 18.1. The molecule has 0 aliphatic carbocycles. The summed E-state index contributed by atoms with van der Waals surface area (Å²) in [7, 11) is 0. The van der Waals surface area contributed by atoms with Crippen molar-refractivity contribution >= 4 is 52.0 Å². The number of aromatic nitrogens is 1. The van der Waals surface area contributed by atoms with Crippen LogP contribution in [-0.4, -0.2) is 51.7 Å². The fourth-order valence-corrected chi connectivity index (χ4v) is 6.53. The maximum atomic E-state index is 14.0. The summed E-state index contributed by atoms with van der Waals surface area (Å²) < 4.78 is 0. The fourth-order valence-electron chi connectivity index (χ4n) is 5.86. The molecule has 2 aliphatic rings. The molecule has 9 heteroatoms. The Hall–Kier alpha value is -3.75. The van der Waals surface area contributed by atoms with Gasteiger partial charge in [0.05, 0.1) is 6.04 Å². The minimum Gasteiger partial charge on any atom is -0.356 e. The van der Waals surface area contributed by atoms with E-state index in [0.29, 0.717) is 29.2 Å². The Morgan fingerprint density at radius 1 is 1.07 bits per heavy atom. The number of halogens is 1. The summed E-state index contributed by atoms with van der Waals surface area (Å²) in [6, 6.07) is 21.0. The number of fused-ring (bicyclic) bond motifs is 7. The molecule has 1 aromatic heterocycles. The van der Waals surface area contributed by atoms with E-state index < -0.39 is 18.1 Å². The van der Waals surface area contributed by atoms with Gasteiger partial charge in [0.25, 0.3) is 5.91 Å². The molecule has 0 spiro atoms. The lowest BCUT2D eigenvalue weighted by molar-refractivity contribution is -0.132. The number of carbonyl (C=O) groups excluding carboxylic acids is 3. The number of H-pyrrole nitrogens is 1. The zero-order valence-corrected chi connectivity index (χ0v) is 23.5. The van der Waals surface area contributed by atoms with E-state index in [1.165, 1.54) is 0 Å². The summed E-state index contributed by atoms with van der Waals surface area (Å²) >= 11 is 7.88. The van der Waals surface area contributed by atoms with Crippen LogP contribution < -0.4 is 10.6 Å². The second-order valence-corrected chi connectivity index (χ2v) is 11.5. The van der Waals surface area contributed by atoms with E-state index in [2.05, 4.69) is 15.6 Å². The van der Waals surface area contributed by atoms with Crippen LogP contribution in [-0.2, 0) is 22.6 Å². The quantitative estimate of drug-likeness (QED) is 0.281. The lowest BCUT2D eigenvalue weighted by Crippen LogP contribution is -2.56. The lowest BCUT2D eigenvalue weighted by atomic mass is 9.89. The van der Waals surface area contributed by atoms with Gasteiger partial charge in [0.15, 0.2) is 0 Å². The maximum absolute atomic E-state index is 14.0. The summed E-state index contributed by atoms with van der Waals surface area (Å²) in [5.41, 5.74) is 5.24. The van der Waals surface area contributed by atoms with Crippen LogP contribution in [0.2, 0.25) is 5.02 Å². The van der Waals surface area contributed by atoms with Crippen LogP contribution in [0.3, 0.4) is 0 Å². The molecule has 3 N–H and O–H groups in total. The Bertz CT molecular complexity index is 1620. The maximum Gasteiger partial charge on any atom is 0.255 e. The highest BCUT2D eigenvalue weighted by Gasteiger charge is 2.49. The molecule has 0 radical (unpaired) electrons. The van der Waals surface area contributed by atoms with Gasteiger partial charge >= 0.3 is 0 Å². The zero-order valence-electron chi connectivity index (χ0n) is 21.9. The first-order valence-corrected chi connectivity index (χ1v) is 15.1. The van der Waals surface area contributed by atoms with Crippen molar-refractivity contribution in [1.82, 2.24) is 20.5 Å². The summed E-state index contributed by atoms with van der Waals surface area (Å²) in [6.45, 7) is 0.258. The molecule has 3 aromatic carbocycles. The first kappa shape index (κ1) is 26.5. The summed E-state index contributed by atoms with van der Waals surface area (Å²) in [6.07, 6.45) is 2.78. The molecule has 6 rings (SSSR count). The Morgan fingerprint density at radius 2 is 1.82 bits per heavy atom. The van der Waals surface area contributed by atoms with Crippen LogP contribution >= 0.6 is 23.4 Å². The molecule has 4 aromatic rings. The van der Waals surface area contributed by atoms with Crippen molar-refractivity contribution in [2.75, 3.05) is 12.0 Å². The molecule has 0 saturated carbocycles. The average Bonchev–Trinajstić information content (AvgIpc) is 3.49. The smallest absolute Gasteiger partial charge is 0.255 e. The predicted octanol–water partition coefficient (Wildman–Crippen LogP) is 4.85. The van der Waals surface area contributed by atoms with Crippen LogP contribution in [0.15, 0.2) is 72.8 Å². The highest BCUT2D eigenvalue weighted by atomic mass is 35.5. The molecule has 7 nitrogen and oxygen atoms in total. The molecule has 2 aliphatic heterocycles. The number of nitrogens with zero attached hydrogens (tertiary/aromatic N) is 1. The number of carbonyl (C=O) groups is 3. The Balaban J connectivity index is 1.30. The lowest BCUT2D eigenvalue weighted by Gasteiger charge is -2.37. The second-order valence-electron chi connectivity index (χ2n) is 10.1. The number of amides is 3. The Labute approximate surface area is 241 Å². The first-order chi connectivity index (χ1) is 19.5. The third-order valence-corrected chi connectivity index (χ3v) is 8.82.